The van der Waals surface area contributed by atoms with E-state index in [1.54, 1.807) is 16.9 Å². The number of pyridine rings is 1. The third-order valence-electron chi connectivity index (χ3n) is 3.84. The summed E-state index contributed by atoms with van der Waals surface area (Å²) in [6.45, 7) is 1.93. The molecule has 0 fully saturated rings. The number of benzene rings is 1. The van der Waals surface area contributed by atoms with E-state index in [0.29, 0.717) is 9.90 Å². The first-order chi connectivity index (χ1) is 12.2. The summed E-state index contributed by atoms with van der Waals surface area (Å²) in [4.78, 5) is 16.2. The molecule has 1 N–H and O–H groups in total. The van der Waals surface area contributed by atoms with Gasteiger partial charge in [0, 0.05) is 10.8 Å². The van der Waals surface area contributed by atoms with Gasteiger partial charge in [0.25, 0.3) is 0 Å². The van der Waals surface area contributed by atoms with Crippen LogP contribution in [-0.4, -0.2) is 21.1 Å². The molecule has 124 valence electrons. The first-order valence-corrected chi connectivity index (χ1v) is 8.82. The van der Waals surface area contributed by atoms with E-state index in [0.717, 1.165) is 40.1 Å². The molecule has 0 unspecified atom stereocenters. The third-order valence-corrected chi connectivity index (χ3v) is 5.02. The molecule has 3 aromatic heterocycles. The average molecular weight is 369 g/mol. The van der Waals surface area contributed by atoms with Crippen molar-refractivity contribution in [2.24, 2.45) is 0 Å². The summed E-state index contributed by atoms with van der Waals surface area (Å²) in [7, 11) is 0. The number of carbonyl (C=O) groups excluding carboxylic acids is 1. The van der Waals surface area contributed by atoms with Crippen LogP contribution in [-0.2, 0) is 0 Å². The number of aryl methyl sites for hydroxylation is 1. The maximum Gasteiger partial charge on any atom is 0.163 e. The Morgan fingerprint density at radius 3 is 2.84 bits per heavy atom. The van der Waals surface area contributed by atoms with Crippen LogP contribution in [0.1, 0.15) is 15.4 Å². The molecule has 0 bridgehead atoms. The molecule has 0 saturated heterocycles. The van der Waals surface area contributed by atoms with Crippen LogP contribution in [0.3, 0.4) is 0 Å². The van der Waals surface area contributed by atoms with Crippen LogP contribution >= 0.6 is 22.9 Å². The standard InChI is InChI=1S/C18H13ClN4OS/c1-11-17(22-16-5-3-2-4-15(16)19)6-12-8-20-23(18(12)21-11)13-7-14(9-24)25-10-13/h2-10,22H,1H3. The first-order valence-electron chi connectivity index (χ1n) is 7.57. The lowest BCUT2D eigenvalue weighted by Crippen LogP contribution is -2.00. The van der Waals surface area contributed by atoms with Gasteiger partial charge in [-0.05, 0) is 31.2 Å². The zero-order valence-electron chi connectivity index (χ0n) is 13.2. The third kappa shape index (κ3) is 2.90. The first kappa shape index (κ1) is 15.8. The molecule has 0 spiro atoms. The van der Waals surface area contributed by atoms with Crippen molar-refractivity contribution in [2.45, 2.75) is 6.92 Å². The number of carbonyl (C=O) groups is 1. The number of rotatable bonds is 4. The Morgan fingerprint density at radius 1 is 1.24 bits per heavy atom. The minimum atomic E-state index is 0.650. The summed E-state index contributed by atoms with van der Waals surface area (Å²) in [6, 6.07) is 11.4. The molecule has 5 nitrogen and oxygen atoms in total. The molecular formula is C18H13ClN4OS. The lowest BCUT2D eigenvalue weighted by Gasteiger charge is -2.11. The zero-order chi connectivity index (χ0) is 17.4. The van der Waals surface area contributed by atoms with Gasteiger partial charge in [-0.3, -0.25) is 4.79 Å². The summed E-state index contributed by atoms with van der Waals surface area (Å²) >= 11 is 7.60. The van der Waals surface area contributed by atoms with Crippen LogP contribution in [0.25, 0.3) is 16.7 Å². The fraction of sp³-hybridized carbons (Fsp3) is 0.0556. The monoisotopic (exact) mass is 368 g/mol. The van der Waals surface area contributed by atoms with E-state index in [-0.39, 0.29) is 0 Å². The van der Waals surface area contributed by atoms with Crippen LogP contribution in [0.2, 0.25) is 5.02 Å². The number of nitrogens with zero attached hydrogens (tertiary/aromatic N) is 3. The molecule has 0 amide bonds. The Labute approximate surface area is 152 Å². The van der Waals surface area contributed by atoms with Gasteiger partial charge in [-0.15, -0.1) is 11.3 Å². The molecule has 1 aromatic carbocycles. The molecule has 0 atom stereocenters. The molecule has 4 rings (SSSR count). The fourth-order valence-corrected chi connectivity index (χ4v) is 3.44. The van der Waals surface area contributed by atoms with Crippen molar-refractivity contribution in [3.8, 4) is 5.69 Å². The summed E-state index contributed by atoms with van der Waals surface area (Å²) in [5, 5.41) is 11.2. The molecule has 0 saturated carbocycles. The Hall–Kier alpha value is -2.70. The normalized spacial score (nSPS) is 11.0. The number of halogens is 1. The largest absolute Gasteiger partial charge is 0.353 e. The van der Waals surface area contributed by atoms with Gasteiger partial charge in [0.1, 0.15) is 0 Å². The maximum atomic E-state index is 10.9. The van der Waals surface area contributed by atoms with Gasteiger partial charge in [-0.2, -0.15) is 5.10 Å². The smallest absolute Gasteiger partial charge is 0.163 e. The molecule has 25 heavy (non-hydrogen) atoms. The highest BCUT2D eigenvalue weighted by atomic mass is 35.5. The number of para-hydroxylation sites is 1. The van der Waals surface area contributed by atoms with Gasteiger partial charge in [-0.25, -0.2) is 9.67 Å². The summed E-state index contributed by atoms with van der Waals surface area (Å²) in [5.41, 5.74) is 4.12. The van der Waals surface area contributed by atoms with Crippen molar-refractivity contribution < 1.29 is 4.79 Å². The van der Waals surface area contributed by atoms with E-state index in [9.17, 15) is 4.79 Å². The minimum absolute atomic E-state index is 0.650. The summed E-state index contributed by atoms with van der Waals surface area (Å²) in [6.07, 6.45) is 2.60. The van der Waals surface area contributed by atoms with Crippen molar-refractivity contribution >= 4 is 51.6 Å². The fourth-order valence-electron chi connectivity index (χ4n) is 2.59. The highest BCUT2D eigenvalue weighted by molar-refractivity contribution is 7.12. The molecular weight excluding hydrogens is 356 g/mol. The van der Waals surface area contributed by atoms with Crippen LogP contribution < -0.4 is 5.32 Å². The zero-order valence-corrected chi connectivity index (χ0v) is 14.8. The number of hydrogen-bond acceptors (Lipinski definition) is 5. The van der Waals surface area contributed by atoms with Crippen LogP contribution in [0.4, 0.5) is 11.4 Å². The Bertz CT molecular complexity index is 1090. The minimum Gasteiger partial charge on any atom is -0.353 e. The van der Waals surface area contributed by atoms with Crippen molar-refractivity contribution in [3.05, 3.63) is 63.6 Å². The number of thiophene rings is 1. The van der Waals surface area contributed by atoms with E-state index < -0.39 is 0 Å². The van der Waals surface area contributed by atoms with Gasteiger partial charge in [0.05, 0.1) is 38.9 Å². The molecule has 0 aliphatic rings. The van der Waals surface area contributed by atoms with Gasteiger partial charge >= 0.3 is 0 Å². The SMILES string of the molecule is Cc1nc2c(cnn2-c2csc(C=O)c2)cc1Nc1ccccc1Cl. The van der Waals surface area contributed by atoms with E-state index in [1.807, 2.05) is 42.6 Å². The van der Waals surface area contributed by atoms with Crippen molar-refractivity contribution in [3.63, 3.8) is 0 Å². The molecule has 4 aromatic rings. The lowest BCUT2D eigenvalue weighted by atomic mass is 10.2. The van der Waals surface area contributed by atoms with Crippen molar-refractivity contribution in [1.29, 1.82) is 0 Å². The quantitative estimate of drug-likeness (QED) is 0.515. The molecule has 0 aliphatic carbocycles. The van der Waals surface area contributed by atoms with Crippen LogP contribution in [0.15, 0.2) is 48.0 Å². The number of aromatic nitrogens is 3. The Morgan fingerprint density at radius 2 is 2.08 bits per heavy atom. The van der Waals surface area contributed by atoms with Crippen LogP contribution in [0.5, 0.6) is 0 Å². The molecule has 0 radical (unpaired) electrons. The second kappa shape index (κ2) is 6.31. The molecule has 3 heterocycles. The number of fused-ring (bicyclic) bond motifs is 1. The van der Waals surface area contributed by atoms with E-state index in [2.05, 4.69) is 15.4 Å². The molecule has 7 heteroatoms. The number of nitrogens with one attached hydrogen (secondary N) is 1. The number of anilines is 2. The highest BCUT2D eigenvalue weighted by Gasteiger charge is 2.12. The Kier molecular flexibility index (Phi) is 3.99. The van der Waals surface area contributed by atoms with Gasteiger partial charge in [-0.1, -0.05) is 23.7 Å². The second-order valence-corrected chi connectivity index (χ2v) is 6.87. The van der Waals surface area contributed by atoms with Gasteiger partial charge in [0.15, 0.2) is 11.9 Å². The summed E-state index contributed by atoms with van der Waals surface area (Å²) < 4.78 is 1.74. The predicted molar refractivity (Wildman–Crippen MR) is 102 cm³/mol. The molecule has 0 aliphatic heterocycles. The second-order valence-electron chi connectivity index (χ2n) is 5.52. The van der Waals surface area contributed by atoms with Crippen molar-refractivity contribution in [1.82, 2.24) is 14.8 Å². The Balaban J connectivity index is 1.76. The van der Waals surface area contributed by atoms with Gasteiger partial charge in [0.2, 0.25) is 0 Å². The van der Waals surface area contributed by atoms with Gasteiger partial charge < -0.3 is 5.32 Å². The maximum absolute atomic E-state index is 10.9. The van der Waals surface area contributed by atoms with E-state index in [1.165, 1.54) is 11.3 Å². The predicted octanol–water partition coefficient (Wildman–Crippen LogP) is 5.00. The summed E-state index contributed by atoms with van der Waals surface area (Å²) in [5.74, 6) is 0. The van der Waals surface area contributed by atoms with Crippen molar-refractivity contribution in [2.75, 3.05) is 5.32 Å². The highest BCUT2D eigenvalue weighted by Crippen LogP contribution is 2.29. The number of aldehydes is 1. The average Bonchev–Trinajstić information content (AvgIpc) is 3.23. The van der Waals surface area contributed by atoms with Crippen LogP contribution in [0, 0.1) is 6.92 Å². The topological polar surface area (TPSA) is 59.8 Å². The van der Waals surface area contributed by atoms with E-state index in [4.69, 9.17) is 11.6 Å². The lowest BCUT2D eigenvalue weighted by molar-refractivity contribution is 0.112. The van der Waals surface area contributed by atoms with E-state index >= 15 is 0 Å². The number of hydrogen-bond donors (Lipinski definition) is 1.